The summed E-state index contributed by atoms with van der Waals surface area (Å²) >= 11 is 0. The number of nitrogen functional groups attached to an aromatic ring is 1. The number of anilines is 2. The summed E-state index contributed by atoms with van der Waals surface area (Å²) in [5.74, 6) is 0.356. The van der Waals surface area contributed by atoms with Gasteiger partial charge in [-0.15, -0.1) is 5.10 Å². The summed E-state index contributed by atoms with van der Waals surface area (Å²) in [6, 6.07) is 11.5. The number of carbonyl (C=O) groups excluding carboxylic acids is 1. The topological polar surface area (TPSA) is 89.1 Å². The van der Waals surface area contributed by atoms with E-state index in [9.17, 15) is 4.79 Å². The number of fused-ring (bicyclic) bond motifs is 1. The van der Waals surface area contributed by atoms with Crippen molar-refractivity contribution in [2.75, 3.05) is 11.1 Å². The van der Waals surface area contributed by atoms with Crippen LogP contribution < -0.4 is 11.1 Å². The molecule has 0 atom stereocenters. The maximum Gasteiger partial charge on any atom is 0.323 e. The zero-order valence-corrected chi connectivity index (χ0v) is 13.8. The van der Waals surface area contributed by atoms with Crippen LogP contribution in [0.3, 0.4) is 0 Å². The maximum absolute atomic E-state index is 12.5. The maximum atomic E-state index is 12.5. The summed E-state index contributed by atoms with van der Waals surface area (Å²) < 4.78 is 1.66. The minimum atomic E-state index is -0.237. The Bertz CT molecular complexity index is 906. The van der Waals surface area contributed by atoms with Crippen LogP contribution >= 0.6 is 0 Å². The van der Waals surface area contributed by atoms with Gasteiger partial charge in [0.15, 0.2) is 5.82 Å². The quantitative estimate of drug-likeness (QED) is 0.754. The van der Waals surface area contributed by atoms with E-state index in [0.717, 1.165) is 16.9 Å². The Morgan fingerprint density at radius 3 is 2.76 bits per heavy atom. The second kappa shape index (κ2) is 5.94. The molecule has 1 aliphatic heterocycles. The Morgan fingerprint density at radius 2 is 2.00 bits per heavy atom. The molecule has 1 aliphatic rings. The molecule has 0 fully saturated rings. The minimum Gasteiger partial charge on any atom is -0.394 e. The van der Waals surface area contributed by atoms with Crippen LogP contribution in [-0.4, -0.2) is 25.7 Å². The van der Waals surface area contributed by atoms with E-state index in [2.05, 4.69) is 15.4 Å². The first-order chi connectivity index (χ1) is 12.1. The van der Waals surface area contributed by atoms with Crippen LogP contribution in [0.15, 0.2) is 48.8 Å². The smallest absolute Gasteiger partial charge is 0.323 e. The molecule has 3 heterocycles. The number of pyridine rings is 1. The van der Waals surface area contributed by atoms with E-state index in [-0.39, 0.29) is 6.03 Å². The van der Waals surface area contributed by atoms with Crippen molar-refractivity contribution in [2.45, 2.75) is 20.0 Å². The lowest BCUT2D eigenvalue weighted by atomic mass is 10.2. The Hall–Kier alpha value is -3.35. The molecule has 0 radical (unpaired) electrons. The molecular weight excluding hydrogens is 316 g/mol. The van der Waals surface area contributed by atoms with Gasteiger partial charge >= 0.3 is 6.03 Å². The number of aryl methyl sites for hydroxylation is 1. The summed E-state index contributed by atoms with van der Waals surface area (Å²) in [6.07, 6.45) is 3.43. The highest BCUT2D eigenvalue weighted by Crippen LogP contribution is 2.23. The molecule has 3 N–H and O–H groups in total. The highest BCUT2D eigenvalue weighted by atomic mass is 16.2. The number of carbonyl (C=O) groups is 1. The van der Waals surface area contributed by atoms with Gasteiger partial charge in [-0.05, 0) is 30.7 Å². The van der Waals surface area contributed by atoms with Crippen molar-refractivity contribution in [2.24, 2.45) is 0 Å². The van der Waals surface area contributed by atoms with Gasteiger partial charge in [0, 0.05) is 12.7 Å². The SMILES string of the molecule is Cc1ccc(-n2cc(N)c(NC(=O)N3Cc4cccnc4C3)n2)cc1. The number of benzene rings is 1. The molecule has 4 rings (SSSR count). The van der Waals surface area contributed by atoms with Gasteiger partial charge in [-0.1, -0.05) is 23.8 Å². The van der Waals surface area contributed by atoms with E-state index in [0.29, 0.717) is 24.6 Å². The van der Waals surface area contributed by atoms with Gasteiger partial charge in [0.2, 0.25) is 0 Å². The summed E-state index contributed by atoms with van der Waals surface area (Å²) in [5.41, 5.74) is 10.5. The summed E-state index contributed by atoms with van der Waals surface area (Å²) in [6.45, 7) is 3.05. The van der Waals surface area contributed by atoms with Crippen LogP contribution in [0.25, 0.3) is 5.69 Å². The molecule has 126 valence electrons. The highest BCUT2D eigenvalue weighted by Gasteiger charge is 2.25. The van der Waals surface area contributed by atoms with Gasteiger partial charge in [-0.3, -0.25) is 10.3 Å². The van der Waals surface area contributed by atoms with Crippen LogP contribution in [0.4, 0.5) is 16.3 Å². The fourth-order valence-electron chi connectivity index (χ4n) is 2.84. The number of nitrogens with zero attached hydrogens (tertiary/aromatic N) is 4. The van der Waals surface area contributed by atoms with E-state index in [4.69, 9.17) is 5.73 Å². The third kappa shape index (κ3) is 2.91. The average Bonchev–Trinajstić information content (AvgIpc) is 3.19. The second-order valence-electron chi connectivity index (χ2n) is 6.11. The van der Waals surface area contributed by atoms with Crippen LogP contribution in [-0.2, 0) is 13.1 Å². The zero-order valence-electron chi connectivity index (χ0n) is 13.8. The van der Waals surface area contributed by atoms with Crippen molar-refractivity contribution in [3.05, 3.63) is 65.6 Å². The van der Waals surface area contributed by atoms with Crippen molar-refractivity contribution in [3.8, 4) is 5.69 Å². The predicted molar refractivity (Wildman–Crippen MR) is 95.2 cm³/mol. The van der Waals surface area contributed by atoms with E-state index in [1.165, 1.54) is 5.56 Å². The fourth-order valence-corrected chi connectivity index (χ4v) is 2.84. The molecule has 0 spiro atoms. The molecule has 0 bridgehead atoms. The first-order valence-electron chi connectivity index (χ1n) is 8.01. The fraction of sp³-hybridized carbons (Fsp3) is 0.167. The normalized spacial score (nSPS) is 12.9. The van der Waals surface area contributed by atoms with Crippen molar-refractivity contribution in [3.63, 3.8) is 0 Å². The standard InChI is InChI=1S/C18H18N6O/c1-12-4-6-14(7-5-12)24-10-15(19)17(22-24)21-18(25)23-9-13-3-2-8-20-16(13)11-23/h2-8,10H,9,11,19H2,1H3,(H,21,22,25). The molecule has 25 heavy (non-hydrogen) atoms. The number of hydrogen-bond donors (Lipinski definition) is 2. The minimum absolute atomic E-state index is 0.237. The molecule has 7 nitrogen and oxygen atoms in total. The van der Waals surface area contributed by atoms with Gasteiger partial charge < -0.3 is 10.6 Å². The Kier molecular flexibility index (Phi) is 3.61. The molecule has 3 aromatic rings. The molecule has 7 heteroatoms. The van der Waals surface area contributed by atoms with E-state index in [1.807, 2.05) is 43.3 Å². The average molecular weight is 334 g/mol. The summed E-state index contributed by atoms with van der Waals surface area (Å²) in [7, 11) is 0. The molecule has 0 unspecified atom stereocenters. The van der Waals surface area contributed by atoms with Gasteiger partial charge in [-0.25, -0.2) is 9.48 Å². The van der Waals surface area contributed by atoms with E-state index in [1.54, 1.807) is 22.0 Å². The van der Waals surface area contributed by atoms with Gasteiger partial charge in [-0.2, -0.15) is 0 Å². The molecule has 0 aliphatic carbocycles. The van der Waals surface area contributed by atoms with E-state index < -0.39 is 0 Å². The van der Waals surface area contributed by atoms with Crippen molar-refractivity contribution in [1.82, 2.24) is 19.7 Å². The van der Waals surface area contributed by atoms with E-state index >= 15 is 0 Å². The number of aromatic nitrogens is 3. The number of amides is 2. The van der Waals surface area contributed by atoms with Gasteiger partial charge in [0.05, 0.1) is 29.8 Å². The predicted octanol–water partition coefficient (Wildman–Crippen LogP) is 2.71. The Labute approximate surface area is 145 Å². The lowest BCUT2D eigenvalue weighted by Gasteiger charge is -2.15. The molecule has 0 saturated carbocycles. The molecule has 1 aromatic carbocycles. The number of nitrogens with two attached hydrogens (primary N) is 1. The van der Waals surface area contributed by atoms with Crippen LogP contribution in [0.2, 0.25) is 0 Å². The van der Waals surface area contributed by atoms with Crippen molar-refractivity contribution < 1.29 is 4.79 Å². The number of nitrogens with one attached hydrogen (secondary N) is 1. The molecule has 2 aromatic heterocycles. The van der Waals surface area contributed by atoms with Crippen molar-refractivity contribution in [1.29, 1.82) is 0 Å². The number of hydrogen-bond acceptors (Lipinski definition) is 4. The van der Waals surface area contributed by atoms with Crippen LogP contribution in [0.5, 0.6) is 0 Å². The van der Waals surface area contributed by atoms with Gasteiger partial charge in [0.1, 0.15) is 0 Å². The zero-order chi connectivity index (χ0) is 17.4. The van der Waals surface area contributed by atoms with Gasteiger partial charge in [0.25, 0.3) is 0 Å². The Balaban J connectivity index is 1.50. The highest BCUT2D eigenvalue weighted by molar-refractivity contribution is 5.91. The van der Waals surface area contributed by atoms with Crippen molar-refractivity contribution >= 4 is 17.5 Å². The summed E-state index contributed by atoms with van der Waals surface area (Å²) in [4.78, 5) is 18.5. The number of rotatable bonds is 2. The summed E-state index contributed by atoms with van der Waals surface area (Å²) in [5, 5.41) is 7.18. The number of urea groups is 1. The molecule has 2 amide bonds. The largest absolute Gasteiger partial charge is 0.394 e. The molecule has 0 saturated heterocycles. The van der Waals surface area contributed by atoms with Crippen LogP contribution in [0.1, 0.15) is 16.8 Å². The monoisotopic (exact) mass is 334 g/mol. The third-order valence-corrected chi connectivity index (χ3v) is 4.24. The Morgan fingerprint density at radius 1 is 1.20 bits per heavy atom. The second-order valence-corrected chi connectivity index (χ2v) is 6.11. The first kappa shape index (κ1) is 15.2. The van der Waals surface area contributed by atoms with Crippen LogP contribution in [0, 0.1) is 6.92 Å². The lowest BCUT2D eigenvalue weighted by Crippen LogP contribution is -2.30. The molecular formula is C18H18N6O. The first-order valence-corrected chi connectivity index (χ1v) is 8.01. The lowest BCUT2D eigenvalue weighted by molar-refractivity contribution is 0.212. The third-order valence-electron chi connectivity index (χ3n) is 4.24.